The molecule has 0 saturated carbocycles. The van der Waals surface area contributed by atoms with Gasteiger partial charge in [0.2, 0.25) is 0 Å². The molecular weight excluding hydrogens is 359 g/mol. The molecular formula is C14H14BrFN2O2S. The van der Waals surface area contributed by atoms with E-state index in [-0.39, 0.29) is 10.6 Å². The fourth-order valence-corrected chi connectivity index (χ4v) is 3.20. The third-order valence-electron chi connectivity index (χ3n) is 2.84. The highest BCUT2D eigenvalue weighted by atomic mass is 79.9. The molecule has 0 spiro atoms. The molecule has 2 rings (SSSR count). The summed E-state index contributed by atoms with van der Waals surface area (Å²) in [7, 11) is -3.83. The molecule has 0 aliphatic carbocycles. The molecule has 2 aromatic carbocycles. The quantitative estimate of drug-likeness (QED) is 0.847. The minimum absolute atomic E-state index is 0.0719. The summed E-state index contributed by atoms with van der Waals surface area (Å²) in [5.74, 6) is -0.637. The lowest BCUT2D eigenvalue weighted by Crippen LogP contribution is -2.14. The number of anilines is 1. The summed E-state index contributed by atoms with van der Waals surface area (Å²) in [6.45, 7) is 0.494. The monoisotopic (exact) mass is 372 g/mol. The van der Waals surface area contributed by atoms with Crippen molar-refractivity contribution < 1.29 is 12.8 Å². The maximum atomic E-state index is 13.6. The fourth-order valence-electron chi connectivity index (χ4n) is 1.78. The van der Waals surface area contributed by atoms with Crippen molar-refractivity contribution in [2.24, 2.45) is 5.73 Å². The molecule has 0 radical (unpaired) electrons. The molecule has 2 aromatic rings. The summed E-state index contributed by atoms with van der Waals surface area (Å²) >= 11 is 3.17. The predicted molar refractivity (Wildman–Crippen MR) is 84.1 cm³/mol. The average molecular weight is 373 g/mol. The van der Waals surface area contributed by atoms with Crippen molar-refractivity contribution in [3.63, 3.8) is 0 Å². The van der Waals surface area contributed by atoms with E-state index < -0.39 is 15.8 Å². The van der Waals surface area contributed by atoms with Crippen LogP contribution in [0.15, 0.2) is 51.8 Å². The number of sulfonamides is 1. The van der Waals surface area contributed by atoms with Gasteiger partial charge in [-0.2, -0.15) is 0 Å². The second-order valence-electron chi connectivity index (χ2n) is 4.41. The van der Waals surface area contributed by atoms with Gasteiger partial charge in [0, 0.05) is 4.47 Å². The van der Waals surface area contributed by atoms with Crippen LogP contribution in [-0.4, -0.2) is 15.0 Å². The molecule has 0 saturated heterocycles. The van der Waals surface area contributed by atoms with Crippen molar-refractivity contribution in [3.8, 4) is 0 Å². The molecule has 0 atom stereocenters. The van der Waals surface area contributed by atoms with Gasteiger partial charge >= 0.3 is 0 Å². The maximum absolute atomic E-state index is 13.6. The van der Waals surface area contributed by atoms with E-state index in [1.807, 2.05) is 0 Å². The van der Waals surface area contributed by atoms with Gasteiger partial charge in [0.15, 0.2) is 0 Å². The van der Waals surface area contributed by atoms with Crippen LogP contribution < -0.4 is 10.5 Å². The van der Waals surface area contributed by atoms with Gasteiger partial charge in [-0.3, -0.25) is 4.72 Å². The van der Waals surface area contributed by atoms with Gasteiger partial charge in [0.1, 0.15) is 5.82 Å². The number of hydrogen-bond donors (Lipinski definition) is 2. The Morgan fingerprint density at radius 3 is 2.43 bits per heavy atom. The van der Waals surface area contributed by atoms with Crippen LogP contribution >= 0.6 is 15.9 Å². The Labute approximate surface area is 131 Å². The Morgan fingerprint density at radius 1 is 1.14 bits per heavy atom. The Kier molecular flexibility index (Phi) is 4.97. The average Bonchev–Trinajstić information content (AvgIpc) is 2.44. The van der Waals surface area contributed by atoms with E-state index in [1.165, 1.54) is 30.3 Å². The first-order valence-corrected chi connectivity index (χ1v) is 8.47. The highest BCUT2D eigenvalue weighted by molar-refractivity contribution is 9.10. The molecule has 0 bridgehead atoms. The molecule has 7 heteroatoms. The third-order valence-corrected chi connectivity index (χ3v) is 4.71. The first-order chi connectivity index (χ1) is 9.92. The van der Waals surface area contributed by atoms with Crippen LogP contribution in [0, 0.1) is 5.82 Å². The van der Waals surface area contributed by atoms with E-state index in [4.69, 9.17) is 5.73 Å². The zero-order valence-electron chi connectivity index (χ0n) is 11.0. The summed E-state index contributed by atoms with van der Waals surface area (Å²) in [6.07, 6.45) is 0.675. The summed E-state index contributed by atoms with van der Waals surface area (Å²) in [6, 6.07) is 10.4. The van der Waals surface area contributed by atoms with Crippen LogP contribution in [-0.2, 0) is 16.4 Å². The van der Waals surface area contributed by atoms with Crippen LogP contribution in [0.2, 0.25) is 0 Å². The first-order valence-electron chi connectivity index (χ1n) is 6.19. The lowest BCUT2D eigenvalue weighted by molar-refractivity contribution is 0.598. The molecule has 0 amide bonds. The van der Waals surface area contributed by atoms with Crippen molar-refractivity contribution in [2.45, 2.75) is 11.3 Å². The van der Waals surface area contributed by atoms with Gasteiger partial charge in [0.25, 0.3) is 10.0 Å². The molecule has 0 heterocycles. The highest BCUT2D eigenvalue weighted by Crippen LogP contribution is 2.23. The number of nitrogens with two attached hydrogens (primary N) is 1. The molecule has 0 aromatic heterocycles. The van der Waals surface area contributed by atoms with Crippen molar-refractivity contribution in [1.82, 2.24) is 0 Å². The lowest BCUT2D eigenvalue weighted by atomic mass is 10.2. The molecule has 21 heavy (non-hydrogen) atoms. The van der Waals surface area contributed by atoms with Crippen LogP contribution in [0.4, 0.5) is 10.1 Å². The Hall–Kier alpha value is -1.44. The maximum Gasteiger partial charge on any atom is 0.261 e. The van der Waals surface area contributed by atoms with Gasteiger partial charge in [-0.15, -0.1) is 0 Å². The fraction of sp³-hybridized carbons (Fsp3) is 0.143. The predicted octanol–water partition coefficient (Wildman–Crippen LogP) is 2.89. The SMILES string of the molecule is NCCc1ccc(S(=O)(=O)Nc2cc(Br)ccc2F)cc1. The number of rotatable bonds is 5. The van der Waals surface area contributed by atoms with Gasteiger partial charge in [0.05, 0.1) is 10.6 Å². The number of hydrogen-bond acceptors (Lipinski definition) is 3. The van der Waals surface area contributed by atoms with Gasteiger partial charge in [-0.1, -0.05) is 28.1 Å². The molecule has 3 N–H and O–H groups in total. The molecule has 0 aliphatic rings. The van der Waals surface area contributed by atoms with E-state index >= 15 is 0 Å². The second kappa shape index (κ2) is 6.55. The summed E-state index contributed by atoms with van der Waals surface area (Å²) in [4.78, 5) is 0.0719. The van der Waals surface area contributed by atoms with Crippen molar-refractivity contribution in [3.05, 3.63) is 58.3 Å². The smallest absolute Gasteiger partial charge is 0.261 e. The Balaban J connectivity index is 2.27. The number of benzene rings is 2. The third kappa shape index (κ3) is 4.03. The molecule has 0 unspecified atom stereocenters. The highest BCUT2D eigenvalue weighted by Gasteiger charge is 2.16. The minimum atomic E-state index is -3.83. The largest absolute Gasteiger partial charge is 0.330 e. The lowest BCUT2D eigenvalue weighted by Gasteiger charge is -2.10. The topological polar surface area (TPSA) is 72.2 Å². The normalized spacial score (nSPS) is 11.4. The first kappa shape index (κ1) is 15.9. The standard InChI is InChI=1S/C14H14BrFN2O2S/c15-11-3-6-13(16)14(9-11)18-21(19,20)12-4-1-10(2-5-12)7-8-17/h1-6,9,18H,7-8,17H2. The Bertz CT molecular complexity index is 733. The van der Waals surface area contributed by atoms with E-state index in [2.05, 4.69) is 20.7 Å². The molecule has 0 aliphatic heterocycles. The van der Waals surface area contributed by atoms with E-state index in [9.17, 15) is 12.8 Å². The van der Waals surface area contributed by atoms with Crippen molar-refractivity contribution in [1.29, 1.82) is 0 Å². The minimum Gasteiger partial charge on any atom is -0.330 e. The van der Waals surface area contributed by atoms with Crippen LogP contribution in [0.1, 0.15) is 5.56 Å². The summed E-state index contributed by atoms with van der Waals surface area (Å²) < 4.78 is 40.9. The molecule has 0 fully saturated rings. The van der Waals surface area contributed by atoms with Gasteiger partial charge < -0.3 is 5.73 Å². The van der Waals surface area contributed by atoms with Crippen LogP contribution in [0.25, 0.3) is 0 Å². The second-order valence-corrected chi connectivity index (χ2v) is 7.01. The summed E-state index contributed by atoms with van der Waals surface area (Å²) in [5, 5.41) is 0. The van der Waals surface area contributed by atoms with Crippen molar-refractivity contribution >= 4 is 31.6 Å². The number of halogens is 2. The van der Waals surface area contributed by atoms with E-state index in [1.54, 1.807) is 12.1 Å². The van der Waals surface area contributed by atoms with Crippen molar-refractivity contribution in [2.75, 3.05) is 11.3 Å². The molecule has 4 nitrogen and oxygen atoms in total. The van der Waals surface area contributed by atoms with Crippen LogP contribution in [0.5, 0.6) is 0 Å². The van der Waals surface area contributed by atoms with E-state index in [0.717, 1.165) is 5.56 Å². The van der Waals surface area contributed by atoms with Gasteiger partial charge in [-0.05, 0) is 48.9 Å². The summed E-state index contributed by atoms with van der Waals surface area (Å²) in [5.41, 5.74) is 6.29. The zero-order valence-corrected chi connectivity index (χ0v) is 13.4. The zero-order chi connectivity index (χ0) is 15.5. The Morgan fingerprint density at radius 2 is 1.81 bits per heavy atom. The molecule has 112 valence electrons. The number of nitrogens with one attached hydrogen (secondary N) is 1. The van der Waals surface area contributed by atoms with E-state index in [0.29, 0.717) is 17.4 Å². The van der Waals surface area contributed by atoms with Crippen LogP contribution in [0.3, 0.4) is 0 Å². The van der Waals surface area contributed by atoms with Gasteiger partial charge in [-0.25, -0.2) is 12.8 Å².